The highest BCUT2D eigenvalue weighted by atomic mass is 35.5. The number of halogens is 4. The predicted octanol–water partition coefficient (Wildman–Crippen LogP) is 3.10. The van der Waals surface area contributed by atoms with Crippen LogP contribution in [0.15, 0.2) is 24.4 Å². The number of nitrogen functional groups attached to an aromatic ring is 1. The maximum atomic E-state index is 12.5. The van der Waals surface area contributed by atoms with Crippen LogP contribution in [0, 0.1) is 0 Å². The first-order chi connectivity index (χ1) is 9.70. The van der Waals surface area contributed by atoms with Crippen molar-refractivity contribution in [2.45, 2.75) is 6.18 Å². The Kier molecular flexibility index (Phi) is 3.73. The highest BCUT2D eigenvalue weighted by Crippen LogP contribution is 2.33. The van der Waals surface area contributed by atoms with Gasteiger partial charge in [-0.25, -0.2) is 9.78 Å². The molecule has 0 aliphatic heterocycles. The molecule has 0 saturated carbocycles. The minimum absolute atomic E-state index is 0.0142. The summed E-state index contributed by atoms with van der Waals surface area (Å²) in [4.78, 5) is 18.3. The highest BCUT2D eigenvalue weighted by molar-refractivity contribution is 6.33. The quantitative estimate of drug-likeness (QED) is 0.888. The predicted molar refractivity (Wildman–Crippen MR) is 68.9 cm³/mol. The lowest BCUT2D eigenvalue weighted by Gasteiger charge is -2.09. The van der Waals surface area contributed by atoms with Gasteiger partial charge in [-0.3, -0.25) is 4.98 Å². The minimum Gasteiger partial charge on any atom is -0.476 e. The maximum Gasteiger partial charge on any atom is 0.417 e. The third-order valence-electron chi connectivity index (χ3n) is 2.54. The van der Waals surface area contributed by atoms with Gasteiger partial charge in [-0.1, -0.05) is 11.6 Å². The van der Waals surface area contributed by atoms with Crippen LogP contribution in [0.2, 0.25) is 5.02 Å². The SMILES string of the molecule is Nc1ccc(-c2ncc(C(F)(F)F)cc2Cl)nc1C(=O)O. The van der Waals surface area contributed by atoms with Crippen LogP contribution in [-0.4, -0.2) is 21.0 Å². The van der Waals surface area contributed by atoms with Crippen LogP contribution in [0.5, 0.6) is 0 Å². The molecule has 0 amide bonds. The van der Waals surface area contributed by atoms with Gasteiger partial charge >= 0.3 is 12.1 Å². The van der Waals surface area contributed by atoms with Crippen molar-refractivity contribution in [2.75, 3.05) is 5.73 Å². The zero-order valence-electron chi connectivity index (χ0n) is 10.1. The summed E-state index contributed by atoms with van der Waals surface area (Å²) in [5.41, 5.74) is 3.88. The van der Waals surface area contributed by atoms with E-state index in [0.29, 0.717) is 12.3 Å². The van der Waals surface area contributed by atoms with Crippen LogP contribution in [0.1, 0.15) is 16.1 Å². The fourth-order valence-electron chi connectivity index (χ4n) is 1.55. The third kappa shape index (κ3) is 3.05. The van der Waals surface area contributed by atoms with Crippen molar-refractivity contribution in [3.8, 4) is 11.4 Å². The first-order valence-corrected chi connectivity index (χ1v) is 5.81. The van der Waals surface area contributed by atoms with Crippen molar-refractivity contribution >= 4 is 23.3 Å². The number of hydrogen-bond donors (Lipinski definition) is 2. The van der Waals surface area contributed by atoms with E-state index in [9.17, 15) is 18.0 Å². The summed E-state index contributed by atoms with van der Waals surface area (Å²) in [6.45, 7) is 0. The van der Waals surface area contributed by atoms with Crippen molar-refractivity contribution in [1.29, 1.82) is 0 Å². The van der Waals surface area contributed by atoms with E-state index in [-0.39, 0.29) is 22.1 Å². The van der Waals surface area contributed by atoms with Gasteiger partial charge in [0.05, 0.1) is 22.0 Å². The van der Waals surface area contributed by atoms with E-state index in [0.717, 1.165) is 0 Å². The molecule has 0 radical (unpaired) electrons. The van der Waals surface area contributed by atoms with E-state index in [1.807, 2.05) is 0 Å². The van der Waals surface area contributed by atoms with Gasteiger partial charge in [-0.15, -0.1) is 0 Å². The van der Waals surface area contributed by atoms with Crippen molar-refractivity contribution in [1.82, 2.24) is 9.97 Å². The van der Waals surface area contributed by atoms with Crippen LogP contribution in [-0.2, 0) is 6.18 Å². The van der Waals surface area contributed by atoms with Gasteiger partial charge in [0.1, 0.15) is 5.69 Å². The molecule has 2 aromatic rings. The number of carbonyl (C=O) groups is 1. The van der Waals surface area contributed by atoms with Crippen LogP contribution >= 0.6 is 11.6 Å². The molecule has 9 heteroatoms. The topological polar surface area (TPSA) is 89.1 Å². The molecular weight excluding hydrogens is 311 g/mol. The standard InChI is InChI=1S/C12H7ClF3N3O2/c13-6-3-5(12(14,15)16)4-18-9(6)8-2-1-7(17)10(19-8)11(20)21/h1-4H,17H2,(H,20,21). The minimum atomic E-state index is -4.57. The van der Waals surface area contributed by atoms with Crippen molar-refractivity contribution in [3.63, 3.8) is 0 Å². The Morgan fingerprint density at radius 2 is 2.00 bits per heavy atom. The molecule has 0 fully saturated rings. The number of nitrogens with two attached hydrogens (primary N) is 1. The average Bonchev–Trinajstić information content (AvgIpc) is 2.38. The van der Waals surface area contributed by atoms with Crippen molar-refractivity contribution < 1.29 is 23.1 Å². The first-order valence-electron chi connectivity index (χ1n) is 5.43. The van der Waals surface area contributed by atoms with Crippen molar-refractivity contribution in [3.05, 3.63) is 40.7 Å². The molecule has 5 nitrogen and oxygen atoms in total. The van der Waals surface area contributed by atoms with Crippen LogP contribution in [0.3, 0.4) is 0 Å². The summed E-state index contributed by atoms with van der Waals surface area (Å²) in [7, 11) is 0. The lowest BCUT2D eigenvalue weighted by Crippen LogP contribution is -2.08. The number of hydrogen-bond acceptors (Lipinski definition) is 4. The molecule has 0 aliphatic carbocycles. The second-order valence-corrected chi connectivity index (χ2v) is 4.40. The van der Waals surface area contributed by atoms with Crippen LogP contribution in [0.25, 0.3) is 11.4 Å². The number of carboxylic acids is 1. The summed E-state index contributed by atoms with van der Waals surface area (Å²) in [5, 5.41) is 8.62. The van der Waals surface area contributed by atoms with E-state index in [1.54, 1.807) is 0 Å². The molecule has 0 aliphatic rings. The van der Waals surface area contributed by atoms with E-state index >= 15 is 0 Å². The molecular formula is C12H7ClF3N3O2. The molecule has 21 heavy (non-hydrogen) atoms. The van der Waals surface area contributed by atoms with Gasteiger partial charge < -0.3 is 10.8 Å². The van der Waals surface area contributed by atoms with Gasteiger partial charge in [-0.2, -0.15) is 13.2 Å². The molecule has 2 heterocycles. The normalized spacial score (nSPS) is 11.4. The number of anilines is 1. The second-order valence-electron chi connectivity index (χ2n) is 3.99. The summed E-state index contributed by atoms with van der Waals surface area (Å²) in [6.07, 6.45) is -3.98. The van der Waals surface area contributed by atoms with Gasteiger partial charge in [0.15, 0.2) is 5.69 Å². The summed E-state index contributed by atoms with van der Waals surface area (Å²) in [5.74, 6) is -1.36. The van der Waals surface area contributed by atoms with Gasteiger partial charge in [0, 0.05) is 6.20 Å². The molecule has 3 N–H and O–H groups in total. The summed E-state index contributed by atoms with van der Waals surface area (Å²) in [6, 6.07) is 3.28. The molecule has 0 unspecified atom stereocenters. The maximum absolute atomic E-state index is 12.5. The zero-order valence-corrected chi connectivity index (χ0v) is 10.9. The van der Waals surface area contributed by atoms with E-state index in [4.69, 9.17) is 22.4 Å². The van der Waals surface area contributed by atoms with Crippen LogP contribution in [0.4, 0.5) is 18.9 Å². The Morgan fingerprint density at radius 1 is 1.33 bits per heavy atom. The Bertz CT molecular complexity index is 719. The monoisotopic (exact) mass is 317 g/mol. The molecule has 0 atom stereocenters. The average molecular weight is 318 g/mol. The van der Waals surface area contributed by atoms with Crippen molar-refractivity contribution in [2.24, 2.45) is 0 Å². The number of carboxylic acid groups (broad SMARTS) is 1. The first kappa shape index (κ1) is 15.0. The number of pyridine rings is 2. The lowest BCUT2D eigenvalue weighted by molar-refractivity contribution is -0.137. The van der Waals surface area contributed by atoms with E-state index in [1.165, 1.54) is 12.1 Å². The van der Waals surface area contributed by atoms with E-state index in [2.05, 4.69) is 9.97 Å². The molecule has 0 aromatic carbocycles. The number of aromatic carboxylic acids is 1. The third-order valence-corrected chi connectivity index (χ3v) is 2.83. The van der Waals surface area contributed by atoms with Gasteiger partial charge in [-0.05, 0) is 18.2 Å². The Hall–Kier alpha value is -2.35. The Balaban J connectivity index is 2.53. The molecule has 0 bridgehead atoms. The van der Waals surface area contributed by atoms with Gasteiger partial charge in [0.2, 0.25) is 0 Å². The molecule has 0 saturated heterocycles. The molecule has 110 valence electrons. The number of alkyl halides is 3. The summed E-state index contributed by atoms with van der Waals surface area (Å²) < 4.78 is 37.5. The molecule has 2 rings (SSSR count). The molecule has 2 aromatic heterocycles. The fraction of sp³-hybridized carbons (Fsp3) is 0.0833. The number of rotatable bonds is 2. The molecule has 0 spiro atoms. The lowest BCUT2D eigenvalue weighted by atomic mass is 10.2. The fourth-order valence-corrected chi connectivity index (χ4v) is 1.82. The summed E-state index contributed by atoms with van der Waals surface area (Å²) >= 11 is 5.76. The number of aromatic nitrogens is 2. The largest absolute Gasteiger partial charge is 0.476 e. The number of nitrogens with zero attached hydrogens (tertiary/aromatic N) is 2. The second kappa shape index (κ2) is 5.21. The highest BCUT2D eigenvalue weighted by Gasteiger charge is 2.31. The smallest absolute Gasteiger partial charge is 0.417 e. The Morgan fingerprint density at radius 3 is 2.52 bits per heavy atom. The zero-order chi connectivity index (χ0) is 15.8. The van der Waals surface area contributed by atoms with Crippen LogP contribution < -0.4 is 5.73 Å². The van der Waals surface area contributed by atoms with Gasteiger partial charge in [0.25, 0.3) is 0 Å². The van der Waals surface area contributed by atoms with E-state index < -0.39 is 23.4 Å². The Labute approximate surface area is 121 Å².